The number of H-pyrrole nitrogens is 1. The Labute approximate surface area is 122 Å². The SMILES string of the molecule is CNC1CCN(c2n[nH]c(-c3ccc(O)c(O)c3)n2)CC1. The fourth-order valence-electron chi connectivity index (χ4n) is 2.56. The highest BCUT2D eigenvalue weighted by atomic mass is 16.3. The van der Waals surface area contributed by atoms with Crippen LogP contribution in [0, 0.1) is 0 Å². The summed E-state index contributed by atoms with van der Waals surface area (Å²) in [6, 6.07) is 5.15. The molecule has 1 aromatic heterocycles. The van der Waals surface area contributed by atoms with E-state index in [1.54, 1.807) is 6.07 Å². The number of benzene rings is 1. The van der Waals surface area contributed by atoms with Crippen LogP contribution in [0.15, 0.2) is 18.2 Å². The zero-order chi connectivity index (χ0) is 14.8. The normalized spacial score (nSPS) is 16.3. The van der Waals surface area contributed by atoms with Gasteiger partial charge in [0.1, 0.15) is 0 Å². The lowest BCUT2D eigenvalue weighted by Gasteiger charge is -2.30. The Kier molecular flexibility index (Phi) is 3.66. The van der Waals surface area contributed by atoms with Gasteiger partial charge in [0, 0.05) is 24.7 Å². The summed E-state index contributed by atoms with van der Waals surface area (Å²) in [5, 5.41) is 29.3. The highest BCUT2D eigenvalue weighted by Gasteiger charge is 2.21. The second-order valence-electron chi connectivity index (χ2n) is 5.24. The molecular weight excluding hydrogens is 270 g/mol. The average Bonchev–Trinajstić information content (AvgIpc) is 3.00. The molecule has 0 amide bonds. The summed E-state index contributed by atoms with van der Waals surface area (Å²) in [5.41, 5.74) is 0.689. The lowest BCUT2D eigenvalue weighted by atomic mass is 10.1. The topological polar surface area (TPSA) is 97.3 Å². The molecule has 1 aromatic carbocycles. The summed E-state index contributed by atoms with van der Waals surface area (Å²) in [6.07, 6.45) is 2.14. The lowest BCUT2D eigenvalue weighted by Crippen LogP contribution is -2.41. The van der Waals surface area contributed by atoms with E-state index in [1.807, 2.05) is 7.05 Å². The van der Waals surface area contributed by atoms with Crippen LogP contribution >= 0.6 is 0 Å². The van der Waals surface area contributed by atoms with Gasteiger partial charge in [-0.3, -0.25) is 5.10 Å². The first kappa shape index (κ1) is 13.7. The number of rotatable bonds is 3. The molecule has 0 radical (unpaired) electrons. The molecule has 3 rings (SSSR count). The monoisotopic (exact) mass is 289 g/mol. The predicted molar refractivity (Wildman–Crippen MR) is 79.4 cm³/mol. The number of aromatic amines is 1. The maximum absolute atomic E-state index is 9.54. The number of piperidine rings is 1. The van der Waals surface area contributed by atoms with E-state index in [-0.39, 0.29) is 11.5 Å². The van der Waals surface area contributed by atoms with Crippen molar-refractivity contribution in [3.63, 3.8) is 0 Å². The van der Waals surface area contributed by atoms with E-state index in [0.717, 1.165) is 25.9 Å². The van der Waals surface area contributed by atoms with Gasteiger partial charge in [-0.2, -0.15) is 4.98 Å². The third-order valence-electron chi connectivity index (χ3n) is 3.91. The predicted octanol–water partition coefficient (Wildman–Crippen LogP) is 1.07. The fourth-order valence-corrected chi connectivity index (χ4v) is 2.56. The van der Waals surface area contributed by atoms with E-state index in [9.17, 15) is 10.2 Å². The van der Waals surface area contributed by atoms with Gasteiger partial charge in [-0.1, -0.05) is 0 Å². The molecule has 2 heterocycles. The van der Waals surface area contributed by atoms with E-state index in [0.29, 0.717) is 23.4 Å². The maximum Gasteiger partial charge on any atom is 0.245 e. The van der Waals surface area contributed by atoms with Crippen molar-refractivity contribution < 1.29 is 10.2 Å². The Bertz CT molecular complexity index is 620. The quantitative estimate of drug-likeness (QED) is 0.631. The second kappa shape index (κ2) is 5.61. The van der Waals surface area contributed by atoms with Gasteiger partial charge in [-0.15, -0.1) is 5.10 Å². The van der Waals surface area contributed by atoms with Gasteiger partial charge in [0.15, 0.2) is 17.3 Å². The van der Waals surface area contributed by atoms with Crippen molar-refractivity contribution >= 4 is 5.95 Å². The summed E-state index contributed by atoms with van der Waals surface area (Å²) in [6.45, 7) is 1.84. The molecular formula is C14H19N5O2. The molecule has 1 aliphatic rings. The second-order valence-corrected chi connectivity index (χ2v) is 5.24. The van der Waals surface area contributed by atoms with Crippen LogP contribution < -0.4 is 10.2 Å². The van der Waals surface area contributed by atoms with Crippen LogP contribution in [0.3, 0.4) is 0 Å². The Morgan fingerprint density at radius 1 is 1.24 bits per heavy atom. The molecule has 0 aliphatic carbocycles. The summed E-state index contributed by atoms with van der Waals surface area (Å²) >= 11 is 0. The third-order valence-corrected chi connectivity index (χ3v) is 3.91. The van der Waals surface area contributed by atoms with Gasteiger partial charge in [-0.05, 0) is 38.1 Å². The van der Waals surface area contributed by atoms with Crippen molar-refractivity contribution in [2.75, 3.05) is 25.0 Å². The zero-order valence-electron chi connectivity index (χ0n) is 11.9. The van der Waals surface area contributed by atoms with Crippen LogP contribution in [0.5, 0.6) is 11.5 Å². The van der Waals surface area contributed by atoms with Gasteiger partial charge in [0.2, 0.25) is 5.95 Å². The first-order valence-electron chi connectivity index (χ1n) is 7.04. The molecule has 112 valence electrons. The number of aromatic nitrogens is 3. The lowest BCUT2D eigenvalue weighted by molar-refractivity contribution is 0.404. The van der Waals surface area contributed by atoms with Crippen LogP contribution in [-0.2, 0) is 0 Å². The summed E-state index contributed by atoms with van der Waals surface area (Å²) in [5.74, 6) is 0.941. The first-order chi connectivity index (χ1) is 10.2. The number of nitrogens with zero attached hydrogens (tertiary/aromatic N) is 3. The molecule has 4 N–H and O–H groups in total. The Hall–Kier alpha value is -2.28. The van der Waals surface area contributed by atoms with E-state index in [4.69, 9.17) is 0 Å². The van der Waals surface area contributed by atoms with Crippen molar-refractivity contribution in [2.24, 2.45) is 0 Å². The van der Waals surface area contributed by atoms with Gasteiger partial charge >= 0.3 is 0 Å². The molecule has 7 heteroatoms. The van der Waals surface area contributed by atoms with Crippen LogP contribution in [-0.4, -0.2) is 51.6 Å². The molecule has 1 saturated heterocycles. The largest absolute Gasteiger partial charge is 0.504 e. The van der Waals surface area contributed by atoms with Crippen molar-refractivity contribution in [2.45, 2.75) is 18.9 Å². The van der Waals surface area contributed by atoms with Crippen molar-refractivity contribution in [3.05, 3.63) is 18.2 Å². The highest BCUT2D eigenvalue weighted by Crippen LogP contribution is 2.29. The molecule has 21 heavy (non-hydrogen) atoms. The highest BCUT2D eigenvalue weighted by molar-refractivity contribution is 5.61. The molecule has 0 unspecified atom stereocenters. The Morgan fingerprint density at radius 2 is 2.00 bits per heavy atom. The van der Waals surface area contributed by atoms with Gasteiger partial charge in [0.05, 0.1) is 0 Å². The van der Waals surface area contributed by atoms with Crippen LogP contribution in [0.25, 0.3) is 11.4 Å². The van der Waals surface area contributed by atoms with Crippen molar-refractivity contribution in [1.82, 2.24) is 20.5 Å². The van der Waals surface area contributed by atoms with Gasteiger partial charge in [0.25, 0.3) is 0 Å². The molecule has 7 nitrogen and oxygen atoms in total. The minimum Gasteiger partial charge on any atom is -0.504 e. The molecule has 2 aromatic rings. The zero-order valence-corrected chi connectivity index (χ0v) is 11.9. The standard InChI is InChI=1S/C14H19N5O2/c1-15-10-4-6-19(7-5-10)14-16-13(17-18-14)9-2-3-11(20)12(21)8-9/h2-3,8,10,15,20-21H,4-7H2,1H3,(H,16,17,18). The molecule has 1 aliphatic heterocycles. The van der Waals surface area contributed by atoms with Crippen LogP contribution in [0.2, 0.25) is 0 Å². The van der Waals surface area contributed by atoms with Crippen molar-refractivity contribution in [1.29, 1.82) is 0 Å². The number of hydrogen-bond donors (Lipinski definition) is 4. The number of phenols is 2. The fraction of sp³-hybridized carbons (Fsp3) is 0.429. The molecule has 0 atom stereocenters. The minimum atomic E-state index is -0.166. The average molecular weight is 289 g/mol. The Balaban J connectivity index is 1.76. The third kappa shape index (κ3) is 2.78. The maximum atomic E-state index is 9.54. The number of nitrogens with one attached hydrogen (secondary N) is 2. The number of anilines is 1. The van der Waals surface area contributed by atoms with Gasteiger partial charge < -0.3 is 20.4 Å². The van der Waals surface area contributed by atoms with Crippen molar-refractivity contribution in [3.8, 4) is 22.9 Å². The molecule has 0 spiro atoms. The van der Waals surface area contributed by atoms with E-state index in [2.05, 4.69) is 25.4 Å². The summed E-state index contributed by atoms with van der Waals surface area (Å²) in [7, 11) is 1.99. The smallest absolute Gasteiger partial charge is 0.245 e. The van der Waals surface area contributed by atoms with E-state index in [1.165, 1.54) is 12.1 Å². The van der Waals surface area contributed by atoms with E-state index < -0.39 is 0 Å². The molecule has 0 saturated carbocycles. The van der Waals surface area contributed by atoms with Crippen LogP contribution in [0.4, 0.5) is 5.95 Å². The number of hydrogen-bond acceptors (Lipinski definition) is 6. The molecule has 1 fully saturated rings. The first-order valence-corrected chi connectivity index (χ1v) is 7.04. The summed E-state index contributed by atoms with van der Waals surface area (Å²) in [4.78, 5) is 6.62. The number of phenolic OH excluding ortho intramolecular Hbond substituents is 2. The molecule has 0 bridgehead atoms. The minimum absolute atomic E-state index is 0.146. The Morgan fingerprint density at radius 3 is 2.67 bits per heavy atom. The number of aromatic hydroxyl groups is 2. The van der Waals surface area contributed by atoms with E-state index >= 15 is 0 Å². The summed E-state index contributed by atoms with van der Waals surface area (Å²) < 4.78 is 0. The van der Waals surface area contributed by atoms with Gasteiger partial charge in [-0.25, -0.2) is 0 Å². The van der Waals surface area contributed by atoms with Crippen LogP contribution in [0.1, 0.15) is 12.8 Å².